The van der Waals surface area contributed by atoms with Gasteiger partial charge in [0.05, 0.1) is 18.9 Å². The Labute approximate surface area is 169 Å². The number of aromatic nitrogens is 3. The first-order valence-corrected chi connectivity index (χ1v) is 10.0. The highest BCUT2D eigenvalue weighted by Crippen LogP contribution is 2.18. The lowest BCUT2D eigenvalue weighted by molar-refractivity contribution is -0.118. The number of carbonyl (C=O) groups is 1. The molecule has 0 atom stereocenters. The number of nitrogens with zero attached hydrogens (tertiary/aromatic N) is 3. The minimum absolute atomic E-state index is 0.0378. The van der Waals surface area contributed by atoms with Crippen molar-refractivity contribution in [2.24, 2.45) is 0 Å². The lowest BCUT2D eigenvalue weighted by Crippen LogP contribution is -2.25. The van der Waals surface area contributed by atoms with Gasteiger partial charge in [-0.1, -0.05) is 66.4 Å². The molecular formula is C21H24N4O2S. The minimum atomic E-state index is -0.0378. The Morgan fingerprint density at radius 2 is 1.79 bits per heavy atom. The van der Waals surface area contributed by atoms with Gasteiger partial charge >= 0.3 is 0 Å². The van der Waals surface area contributed by atoms with E-state index < -0.39 is 0 Å². The summed E-state index contributed by atoms with van der Waals surface area (Å²) >= 11 is 1.40. The molecule has 1 N–H and O–H groups in total. The summed E-state index contributed by atoms with van der Waals surface area (Å²) in [6.45, 7) is 3.62. The Morgan fingerprint density at radius 1 is 1.07 bits per heavy atom. The molecule has 0 saturated carbocycles. The lowest BCUT2D eigenvalue weighted by Gasteiger charge is -2.11. The van der Waals surface area contributed by atoms with Crippen molar-refractivity contribution >= 4 is 17.7 Å². The van der Waals surface area contributed by atoms with Gasteiger partial charge in [0.2, 0.25) is 5.91 Å². The average molecular weight is 397 g/mol. The molecule has 3 rings (SSSR count). The normalized spacial score (nSPS) is 10.8. The number of benzene rings is 2. The van der Waals surface area contributed by atoms with Gasteiger partial charge < -0.3 is 14.6 Å². The van der Waals surface area contributed by atoms with Gasteiger partial charge in [0.25, 0.3) is 0 Å². The number of carbonyl (C=O) groups excluding carboxylic acids is 1. The second kappa shape index (κ2) is 10.1. The first-order valence-electron chi connectivity index (χ1n) is 9.06. The Kier molecular flexibility index (Phi) is 7.22. The van der Waals surface area contributed by atoms with Crippen molar-refractivity contribution < 1.29 is 9.53 Å². The molecule has 6 nitrogen and oxygen atoms in total. The molecule has 1 amide bonds. The van der Waals surface area contributed by atoms with Crippen LogP contribution in [0.2, 0.25) is 0 Å². The summed E-state index contributed by atoms with van der Waals surface area (Å²) in [5, 5.41) is 12.1. The Morgan fingerprint density at radius 3 is 2.54 bits per heavy atom. The summed E-state index contributed by atoms with van der Waals surface area (Å²) in [7, 11) is 1.67. The maximum Gasteiger partial charge on any atom is 0.230 e. The lowest BCUT2D eigenvalue weighted by atomic mass is 10.1. The molecule has 0 spiro atoms. The number of rotatable bonds is 9. The van der Waals surface area contributed by atoms with Gasteiger partial charge in [-0.05, 0) is 23.6 Å². The zero-order valence-corrected chi connectivity index (χ0v) is 16.9. The highest BCUT2D eigenvalue weighted by molar-refractivity contribution is 7.99. The number of hydrogen-bond donors (Lipinski definition) is 1. The van der Waals surface area contributed by atoms with Crippen LogP contribution in [0.3, 0.4) is 0 Å². The summed E-state index contributed by atoms with van der Waals surface area (Å²) in [6, 6.07) is 18.1. The fourth-order valence-corrected chi connectivity index (χ4v) is 3.63. The van der Waals surface area contributed by atoms with Gasteiger partial charge in [-0.25, -0.2) is 0 Å². The van der Waals surface area contributed by atoms with E-state index in [1.165, 1.54) is 17.3 Å². The highest BCUT2D eigenvalue weighted by atomic mass is 32.2. The summed E-state index contributed by atoms with van der Waals surface area (Å²) < 4.78 is 7.24. The van der Waals surface area contributed by atoms with Crippen molar-refractivity contribution in [3.05, 3.63) is 77.1 Å². The monoisotopic (exact) mass is 396 g/mol. The topological polar surface area (TPSA) is 69.0 Å². The molecule has 0 fully saturated rings. The van der Waals surface area contributed by atoms with E-state index in [4.69, 9.17) is 4.74 Å². The first-order chi connectivity index (χ1) is 13.7. The van der Waals surface area contributed by atoms with Crippen LogP contribution >= 0.6 is 11.8 Å². The second-order valence-corrected chi connectivity index (χ2v) is 7.31. The van der Waals surface area contributed by atoms with Crippen LogP contribution < -0.4 is 5.32 Å². The van der Waals surface area contributed by atoms with E-state index in [1.54, 1.807) is 7.11 Å². The van der Waals surface area contributed by atoms with Crippen LogP contribution in [0.15, 0.2) is 59.8 Å². The number of hydrogen-bond acceptors (Lipinski definition) is 5. The smallest absolute Gasteiger partial charge is 0.230 e. The Balaban J connectivity index is 1.55. The fraction of sp³-hybridized carbons (Fsp3) is 0.286. The molecule has 0 aliphatic rings. The molecule has 2 aromatic carbocycles. The summed E-state index contributed by atoms with van der Waals surface area (Å²) in [5.74, 6) is 1.09. The average Bonchev–Trinajstić information content (AvgIpc) is 3.06. The van der Waals surface area contributed by atoms with E-state index in [0.717, 1.165) is 22.1 Å². The molecule has 0 aliphatic heterocycles. The minimum Gasteiger partial charge on any atom is -0.380 e. The van der Waals surface area contributed by atoms with Gasteiger partial charge in [-0.15, -0.1) is 10.2 Å². The SMILES string of the molecule is COCc1ccccc1CNC(=O)CSc1nnc(C)n1Cc1ccccc1. The quantitative estimate of drug-likeness (QED) is 0.563. The number of amides is 1. The van der Waals surface area contributed by atoms with Crippen molar-refractivity contribution in [1.82, 2.24) is 20.1 Å². The molecule has 0 radical (unpaired) electrons. The van der Waals surface area contributed by atoms with Crippen LogP contribution in [0.1, 0.15) is 22.5 Å². The van der Waals surface area contributed by atoms with Crippen LogP contribution in [0.5, 0.6) is 0 Å². The van der Waals surface area contributed by atoms with Gasteiger partial charge in [-0.3, -0.25) is 4.79 Å². The summed E-state index contributed by atoms with van der Waals surface area (Å²) in [6.07, 6.45) is 0. The van der Waals surface area contributed by atoms with E-state index in [2.05, 4.69) is 27.6 Å². The van der Waals surface area contributed by atoms with Crippen LogP contribution in [-0.2, 0) is 29.2 Å². The van der Waals surface area contributed by atoms with E-state index in [9.17, 15) is 4.79 Å². The highest BCUT2D eigenvalue weighted by Gasteiger charge is 2.12. The predicted molar refractivity (Wildman–Crippen MR) is 110 cm³/mol. The third-order valence-electron chi connectivity index (χ3n) is 4.31. The molecule has 146 valence electrons. The van der Waals surface area contributed by atoms with Gasteiger partial charge in [0.15, 0.2) is 5.16 Å². The largest absolute Gasteiger partial charge is 0.380 e. The van der Waals surface area contributed by atoms with E-state index in [0.29, 0.717) is 25.4 Å². The standard InChI is InChI=1S/C21H24N4O2S/c1-16-23-24-21(25(16)13-17-8-4-3-5-9-17)28-15-20(26)22-12-18-10-6-7-11-19(18)14-27-2/h3-11H,12-15H2,1-2H3,(H,22,26). The molecule has 7 heteroatoms. The number of nitrogens with one attached hydrogen (secondary N) is 1. The third-order valence-corrected chi connectivity index (χ3v) is 5.28. The molecule has 0 saturated heterocycles. The van der Waals surface area contributed by atoms with Crippen LogP contribution in [0.25, 0.3) is 0 Å². The zero-order chi connectivity index (χ0) is 19.8. The summed E-state index contributed by atoms with van der Waals surface area (Å²) in [4.78, 5) is 12.3. The van der Waals surface area contributed by atoms with Crippen molar-refractivity contribution in [1.29, 1.82) is 0 Å². The third kappa shape index (κ3) is 5.43. The van der Waals surface area contributed by atoms with Gasteiger partial charge in [-0.2, -0.15) is 0 Å². The van der Waals surface area contributed by atoms with E-state index in [-0.39, 0.29) is 5.91 Å². The van der Waals surface area contributed by atoms with Crippen LogP contribution in [0, 0.1) is 6.92 Å². The Hall–Kier alpha value is -2.64. The molecule has 0 bridgehead atoms. The summed E-state index contributed by atoms with van der Waals surface area (Å²) in [5.41, 5.74) is 3.31. The fourth-order valence-electron chi connectivity index (χ4n) is 2.82. The number of methoxy groups -OCH3 is 1. The molecule has 0 aliphatic carbocycles. The van der Waals surface area contributed by atoms with E-state index in [1.807, 2.05) is 54.0 Å². The molecular weight excluding hydrogens is 372 g/mol. The predicted octanol–water partition coefficient (Wildman–Crippen LogP) is 3.19. The van der Waals surface area contributed by atoms with Crippen LogP contribution in [0.4, 0.5) is 0 Å². The zero-order valence-electron chi connectivity index (χ0n) is 16.1. The van der Waals surface area contributed by atoms with E-state index >= 15 is 0 Å². The number of aryl methyl sites for hydroxylation is 1. The van der Waals surface area contributed by atoms with Crippen molar-refractivity contribution in [3.8, 4) is 0 Å². The van der Waals surface area contributed by atoms with Gasteiger partial charge in [0, 0.05) is 13.7 Å². The van der Waals surface area contributed by atoms with Crippen molar-refractivity contribution in [3.63, 3.8) is 0 Å². The molecule has 3 aromatic rings. The molecule has 0 unspecified atom stereocenters. The van der Waals surface area contributed by atoms with Crippen LogP contribution in [-0.4, -0.2) is 33.5 Å². The van der Waals surface area contributed by atoms with Crippen molar-refractivity contribution in [2.75, 3.05) is 12.9 Å². The maximum absolute atomic E-state index is 12.3. The number of thioether (sulfide) groups is 1. The second-order valence-electron chi connectivity index (χ2n) is 6.37. The first kappa shape index (κ1) is 20.1. The number of ether oxygens (including phenoxy) is 1. The maximum atomic E-state index is 12.3. The molecule has 1 aromatic heterocycles. The molecule has 1 heterocycles. The van der Waals surface area contributed by atoms with Gasteiger partial charge in [0.1, 0.15) is 5.82 Å². The van der Waals surface area contributed by atoms with Crippen molar-refractivity contribution in [2.45, 2.75) is 31.8 Å². The molecule has 28 heavy (non-hydrogen) atoms. The Bertz CT molecular complexity index is 912.